The molecule has 10 aliphatic carbocycles. The van der Waals surface area contributed by atoms with Gasteiger partial charge >= 0.3 is 0 Å². The van der Waals surface area contributed by atoms with Crippen LogP contribution in [0.3, 0.4) is 0 Å². The summed E-state index contributed by atoms with van der Waals surface area (Å²) in [6.45, 7) is 0. The maximum absolute atomic E-state index is 2.51. The van der Waals surface area contributed by atoms with Crippen LogP contribution in [-0.2, 0) is 10.8 Å². The molecule has 14 aromatic rings. The van der Waals surface area contributed by atoms with E-state index in [1.54, 1.807) is 22.3 Å². The first-order valence-corrected chi connectivity index (χ1v) is 38.0. The van der Waals surface area contributed by atoms with Crippen LogP contribution in [0.25, 0.3) is 88.3 Å². The van der Waals surface area contributed by atoms with Crippen LogP contribution in [0.1, 0.15) is 86.5 Å². The van der Waals surface area contributed by atoms with E-state index in [2.05, 4.69) is 337 Å². The van der Waals surface area contributed by atoms with Gasteiger partial charge in [0.05, 0.1) is 0 Å². The first-order valence-electron chi connectivity index (χ1n) is 38.0. The summed E-state index contributed by atoms with van der Waals surface area (Å²) in [6, 6.07) is 122. The Balaban J connectivity index is 0.000000133. The van der Waals surface area contributed by atoms with E-state index in [0.717, 1.165) is 81.5 Å². The zero-order valence-corrected chi connectivity index (χ0v) is 57.8. The molecule has 2 heteroatoms. The highest BCUT2D eigenvalue weighted by atomic mass is 15.1. The smallest absolute Gasteiger partial charge is 0.0462 e. The van der Waals surface area contributed by atoms with Crippen LogP contribution in [0.5, 0.6) is 0 Å². The third-order valence-corrected chi connectivity index (χ3v) is 26.5. The lowest BCUT2D eigenvalue weighted by atomic mass is 9.43. The summed E-state index contributed by atoms with van der Waals surface area (Å²) in [4.78, 5) is 4.76. The molecule has 0 unspecified atom stereocenters. The molecule has 0 aliphatic heterocycles. The van der Waals surface area contributed by atoms with Gasteiger partial charge in [-0.05, 0) is 301 Å². The summed E-state index contributed by atoms with van der Waals surface area (Å²) in [5.74, 6) is 6.92. The summed E-state index contributed by atoms with van der Waals surface area (Å²) >= 11 is 0. The molecule has 102 heavy (non-hydrogen) atoms. The molecule has 0 saturated heterocycles. The average Bonchev–Trinajstić information content (AvgIpc) is 1.51. The topological polar surface area (TPSA) is 6.48 Å². The van der Waals surface area contributed by atoms with Gasteiger partial charge in [-0.1, -0.05) is 249 Å². The van der Waals surface area contributed by atoms with Gasteiger partial charge in [0.2, 0.25) is 0 Å². The predicted molar refractivity (Wildman–Crippen MR) is 426 cm³/mol. The molecule has 24 rings (SSSR count). The van der Waals surface area contributed by atoms with Gasteiger partial charge < -0.3 is 9.80 Å². The molecule has 0 aromatic heterocycles. The number of hydrogen-bond donors (Lipinski definition) is 0. The lowest BCUT2D eigenvalue weighted by molar-refractivity contribution is -0.0399. The van der Waals surface area contributed by atoms with E-state index < -0.39 is 0 Å². The highest BCUT2D eigenvalue weighted by Crippen LogP contribution is 2.72. The number of anilines is 6. The van der Waals surface area contributed by atoms with Gasteiger partial charge in [-0.25, -0.2) is 0 Å². The van der Waals surface area contributed by atoms with Crippen LogP contribution in [0, 0.1) is 47.3 Å². The zero-order chi connectivity index (χ0) is 67.0. The predicted octanol–water partition coefficient (Wildman–Crippen LogP) is 26.7. The van der Waals surface area contributed by atoms with E-state index >= 15 is 0 Å². The first-order chi connectivity index (χ1) is 50.5. The van der Waals surface area contributed by atoms with Crippen LogP contribution in [0.2, 0.25) is 0 Å². The second kappa shape index (κ2) is 23.9. The van der Waals surface area contributed by atoms with Crippen molar-refractivity contribution in [1.29, 1.82) is 0 Å². The van der Waals surface area contributed by atoms with Crippen LogP contribution < -0.4 is 9.80 Å². The second-order valence-corrected chi connectivity index (χ2v) is 31.5. The van der Waals surface area contributed by atoms with E-state index in [1.165, 1.54) is 153 Å². The quantitative estimate of drug-likeness (QED) is 0.135. The average molecular weight is 1310 g/mol. The molecule has 0 amide bonds. The molecule has 492 valence electrons. The molecule has 0 radical (unpaired) electrons. The zero-order valence-electron chi connectivity index (χ0n) is 57.8. The second-order valence-electron chi connectivity index (χ2n) is 31.5. The van der Waals surface area contributed by atoms with Crippen molar-refractivity contribution in [2.75, 3.05) is 9.80 Å². The molecule has 8 fully saturated rings. The molecule has 0 atom stereocenters. The van der Waals surface area contributed by atoms with Gasteiger partial charge in [-0.2, -0.15) is 0 Å². The number of benzene rings is 14. The van der Waals surface area contributed by atoms with Crippen LogP contribution in [-0.4, -0.2) is 0 Å². The molecule has 2 spiro atoms. The van der Waals surface area contributed by atoms with Crippen molar-refractivity contribution >= 4 is 55.7 Å². The number of fused-ring (bicyclic) bond motifs is 8. The first kappa shape index (κ1) is 60.0. The molecule has 2 nitrogen and oxygen atoms in total. The maximum Gasteiger partial charge on any atom is 0.0462 e. The summed E-state index contributed by atoms with van der Waals surface area (Å²) in [5.41, 5.74) is 30.1. The minimum Gasteiger partial charge on any atom is -0.311 e. The molecule has 10 aliphatic rings. The van der Waals surface area contributed by atoms with Crippen molar-refractivity contribution in [2.24, 2.45) is 47.3 Å². The minimum atomic E-state index is 0.192. The van der Waals surface area contributed by atoms with E-state index in [0.29, 0.717) is 0 Å². The van der Waals surface area contributed by atoms with E-state index in [-0.39, 0.29) is 10.8 Å². The highest BCUT2D eigenvalue weighted by molar-refractivity contribution is 5.99. The molecule has 0 N–H and O–H groups in total. The maximum atomic E-state index is 2.51. The minimum absolute atomic E-state index is 0.192. The SMILES string of the molecule is c1ccc(N(c2ccc(-c3ccc4ccccc4c3)cc2)c2ccc(-c3cccc4c3-c3ccccc3C43C4CC5CC(C4)CC3C5)cc2)cc1.c1ccc(N(c2ccc(-c3cccc4c3-c3ccccc3C43C4CC5CC(C4)CC3C5)cc2)c2ccc(-c3cccc4ccccc34)cc2)cc1. The lowest BCUT2D eigenvalue weighted by Crippen LogP contribution is -2.55. The Kier molecular flexibility index (Phi) is 14.1. The van der Waals surface area contributed by atoms with E-state index in [1.807, 2.05) is 0 Å². The Hall–Kier alpha value is -10.8. The number of hydrogen-bond acceptors (Lipinski definition) is 2. The van der Waals surface area contributed by atoms with Crippen molar-refractivity contribution in [2.45, 2.75) is 75.0 Å². The lowest BCUT2D eigenvalue weighted by Gasteiger charge is -2.61. The van der Waals surface area contributed by atoms with E-state index in [4.69, 9.17) is 0 Å². The Bertz CT molecular complexity index is 5470. The Morgan fingerprint density at radius 1 is 0.206 bits per heavy atom. The van der Waals surface area contributed by atoms with Gasteiger partial charge in [-0.15, -0.1) is 0 Å². The van der Waals surface area contributed by atoms with E-state index in [9.17, 15) is 0 Å². The highest BCUT2D eigenvalue weighted by Gasteiger charge is 2.63. The Labute approximate surface area is 600 Å². The van der Waals surface area contributed by atoms with Crippen LogP contribution in [0.4, 0.5) is 34.1 Å². The van der Waals surface area contributed by atoms with Gasteiger partial charge in [0.25, 0.3) is 0 Å². The van der Waals surface area contributed by atoms with Crippen LogP contribution in [0.15, 0.2) is 328 Å². The van der Waals surface area contributed by atoms with Gasteiger partial charge in [0.15, 0.2) is 0 Å². The number of rotatable bonds is 10. The number of para-hydroxylation sites is 2. The third-order valence-electron chi connectivity index (χ3n) is 26.5. The van der Waals surface area contributed by atoms with Crippen molar-refractivity contribution in [1.82, 2.24) is 0 Å². The molecular weight excluding hydrogens is 1230 g/mol. The fourth-order valence-electron chi connectivity index (χ4n) is 23.0. The Morgan fingerprint density at radius 3 is 0.980 bits per heavy atom. The van der Waals surface area contributed by atoms with Crippen LogP contribution >= 0.6 is 0 Å². The van der Waals surface area contributed by atoms with Crippen molar-refractivity contribution < 1.29 is 0 Å². The largest absolute Gasteiger partial charge is 0.311 e. The molecule has 8 saturated carbocycles. The van der Waals surface area contributed by atoms with Crippen molar-refractivity contribution in [3.8, 4) is 66.8 Å². The summed E-state index contributed by atoms with van der Waals surface area (Å²) in [5, 5.41) is 5.10. The van der Waals surface area contributed by atoms with Gasteiger partial charge in [0, 0.05) is 45.0 Å². The third kappa shape index (κ3) is 9.37. The standard InChI is InChI=1S/2C50H41N/c1-2-12-40(13-3-1)51(41-24-20-36(21-25-41)44-16-8-11-35-10-4-5-14-43(35)44)42-26-22-37(23-27-42)45-17-9-19-48-49(45)46-15-6-7-18-47(46)50(48)38-29-33-28-34(31-38)32-39(50)30-33;1-2-11-42(12-3-1)51(43-23-19-36(20-24-43)39-18-17-35-9-4-5-10-38(35)32-39)44-25-21-37(22-26-44)45-14-8-16-48-49(45)46-13-6-7-15-47(46)50(48)40-28-33-27-34(30-40)31-41(50)29-33/h1-27,33-34,38-39H,28-32H2;1-26,32-34,40-41H,27-31H2. The molecule has 8 bridgehead atoms. The fourth-order valence-corrected chi connectivity index (χ4v) is 23.0. The fraction of sp³-hybridized carbons (Fsp3) is 0.200. The summed E-state index contributed by atoms with van der Waals surface area (Å²) in [6.07, 6.45) is 14.3. The Morgan fingerprint density at radius 2 is 0.520 bits per heavy atom. The van der Waals surface area contributed by atoms with Crippen molar-refractivity contribution in [3.63, 3.8) is 0 Å². The molecule has 0 heterocycles. The van der Waals surface area contributed by atoms with Gasteiger partial charge in [0.1, 0.15) is 0 Å². The molecule has 14 aromatic carbocycles. The van der Waals surface area contributed by atoms with Gasteiger partial charge in [-0.3, -0.25) is 0 Å². The summed E-state index contributed by atoms with van der Waals surface area (Å²) in [7, 11) is 0. The summed E-state index contributed by atoms with van der Waals surface area (Å²) < 4.78 is 0. The normalized spacial score (nSPS) is 23.8. The monoisotopic (exact) mass is 1310 g/mol. The molecular formula is C100H82N2. The number of nitrogens with zero attached hydrogens (tertiary/aromatic N) is 2. The van der Waals surface area contributed by atoms with Crippen molar-refractivity contribution in [3.05, 3.63) is 350 Å².